The molecule has 4 rings (SSSR count). The lowest BCUT2D eigenvalue weighted by molar-refractivity contribution is -0.127. The van der Waals surface area contributed by atoms with Gasteiger partial charge < -0.3 is 30.6 Å². The number of rotatable bonds is 17. The van der Waals surface area contributed by atoms with Crippen LogP contribution in [-0.2, 0) is 29.0 Å². The first-order chi connectivity index (χ1) is 21.2. The Morgan fingerprint density at radius 3 is 2.50 bits per heavy atom. The molecule has 1 heterocycles. The number of benzene rings is 2. The molecule has 3 aromatic rings. The average Bonchev–Trinajstić information content (AvgIpc) is 3.72. The molecule has 10 nitrogen and oxygen atoms in total. The number of carbonyl (C=O) groups is 2. The van der Waals surface area contributed by atoms with Gasteiger partial charge in [0, 0.05) is 44.4 Å². The van der Waals surface area contributed by atoms with E-state index in [1.807, 2.05) is 22.9 Å². The van der Waals surface area contributed by atoms with E-state index in [-0.39, 0.29) is 48.4 Å². The van der Waals surface area contributed by atoms with Gasteiger partial charge in [0.15, 0.2) is 17.5 Å². The third-order valence-electron chi connectivity index (χ3n) is 8.34. The van der Waals surface area contributed by atoms with Crippen molar-refractivity contribution in [1.82, 2.24) is 14.9 Å². The summed E-state index contributed by atoms with van der Waals surface area (Å²) < 4.78 is 7.97. The molecule has 1 saturated carbocycles. The van der Waals surface area contributed by atoms with Crippen molar-refractivity contribution in [3.05, 3.63) is 72.3 Å². The zero-order valence-electron chi connectivity index (χ0n) is 25.6. The Labute approximate surface area is 259 Å². The SMILES string of the molecule is CN=C(N)NC(CCCC(=O)CC(=O)CCc1ccc(O)c(OC2CCCC2)c1)(CCn1ccnc1)Cc1ccc(O)cc1. The minimum Gasteiger partial charge on any atom is -0.508 e. The fourth-order valence-electron chi connectivity index (χ4n) is 5.86. The third kappa shape index (κ3) is 10.1. The van der Waals surface area contributed by atoms with Crippen LogP contribution in [0.25, 0.3) is 0 Å². The van der Waals surface area contributed by atoms with Crippen LogP contribution in [0.1, 0.15) is 75.3 Å². The lowest BCUT2D eigenvalue weighted by Gasteiger charge is -2.36. The fourth-order valence-corrected chi connectivity index (χ4v) is 5.86. The topological polar surface area (TPSA) is 152 Å². The standard InChI is InChI=1S/C34H45N5O5/c1-36-33(35)38-34(17-19-39-20-18-37-24-39,23-26-9-12-27(40)13-10-26)16-4-5-28(41)22-29(42)14-8-25-11-15-31(43)32(21-25)44-30-6-2-3-7-30/h9-13,15,18,20-21,24,30,40,43H,2-8,14,16-17,19,22-23H2,1H3,(H3,35,36,38). The number of nitrogens with zero attached hydrogens (tertiary/aromatic N) is 3. The van der Waals surface area contributed by atoms with Gasteiger partial charge in [0.05, 0.1) is 18.9 Å². The van der Waals surface area contributed by atoms with Gasteiger partial charge >= 0.3 is 0 Å². The Morgan fingerprint density at radius 1 is 1.07 bits per heavy atom. The molecule has 44 heavy (non-hydrogen) atoms. The van der Waals surface area contributed by atoms with Gasteiger partial charge in [-0.3, -0.25) is 14.6 Å². The van der Waals surface area contributed by atoms with Crippen molar-refractivity contribution in [3.8, 4) is 17.2 Å². The van der Waals surface area contributed by atoms with Crippen molar-refractivity contribution in [2.24, 2.45) is 10.7 Å². The van der Waals surface area contributed by atoms with Crippen LogP contribution in [-0.4, -0.2) is 56.0 Å². The molecule has 0 bridgehead atoms. The van der Waals surface area contributed by atoms with Crippen LogP contribution in [0, 0.1) is 0 Å². The molecule has 10 heteroatoms. The van der Waals surface area contributed by atoms with Gasteiger partial charge in [-0.05, 0) is 93.2 Å². The number of aromatic hydroxyl groups is 2. The van der Waals surface area contributed by atoms with E-state index < -0.39 is 5.54 Å². The summed E-state index contributed by atoms with van der Waals surface area (Å²) in [6.45, 7) is 0.680. The number of nitrogens with two attached hydrogens (primary N) is 1. The Bertz CT molecular complexity index is 1380. The number of Topliss-reactive ketones (excluding diaryl/α,β-unsaturated/α-hetero) is 2. The normalized spacial score (nSPS) is 15.2. The molecule has 1 fully saturated rings. The quantitative estimate of drug-likeness (QED) is 0.0971. The van der Waals surface area contributed by atoms with Crippen molar-refractivity contribution >= 4 is 17.5 Å². The number of aromatic nitrogens is 2. The molecule has 0 saturated heterocycles. The zero-order chi connectivity index (χ0) is 31.4. The first-order valence-electron chi connectivity index (χ1n) is 15.5. The zero-order valence-corrected chi connectivity index (χ0v) is 25.6. The van der Waals surface area contributed by atoms with Gasteiger partial charge in [-0.25, -0.2) is 4.98 Å². The number of ketones is 2. The van der Waals surface area contributed by atoms with Crippen LogP contribution in [0.15, 0.2) is 66.2 Å². The maximum absolute atomic E-state index is 12.9. The van der Waals surface area contributed by atoms with Crippen molar-refractivity contribution in [2.75, 3.05) is 7.05 Å². The number of phenols is 2. The number of phenolic OH excluding ortho intramolecular Hbond substituents is 2. The second-order valence-electron chi connectivity index (χ2n) is 11.8. The van der Waals surface area contributed by atoms with E-state index in [0.29, 0.717) is 50.4 Å². The van der Waals surface area contributed by atoms with E-state index in [1.54, 1.807) is 49.9 Å². The lowest BCUT2D eigenvalue weighted by atomic mass is 9.82. The summed E-state index contributed by atoms with van der Waals surface area (Å²) in [4.78, 5) is 33.9. The minimum absolute atomic E-state index is 0.0868. The van der Waals surface area contributed by atoms with Crippen LogP contribution < -0.4 is 15.8 Å². The second kappa shape index (κ2) is 15.9. The molecule has 0 radical (unpaired) electrons. The Balaban J connectivity index is 1.32. The first kappa shape index (κ1) is 32.6. The van der Waals surface area contributed by atoms with E-state index in [1.165, 1.54) is 0 Å². The number of aryl methyl sites for hydroxylation is 2. The molecule has 0 amide bonds. The van der Waals surface area contributed by atoms with Gasteiger partial charge in [-0.2, -0.15) is 0 Å². The maximum Gasteiger partial charge on any atom is 0.188 e. The Kier molecular flexibility index (Phi) is 11.8. The summed E-state index contributed by atoms with van der Waals surface area (Å²) in [5.41, 5.74) is 7.56. The van der Waals surface area contributed by atoms with Crippen LogP contribution in [0.4, 0.5) is 0 Å². The number of imidazole rings is 1. The first-order valence-corrected chi connectivity index (χ1v) is 15.5. The number of ether oxygens (including phenoxy) is 1. The summed E-state index contributed by atoms with van der Waals surface area (Å²) in [5.74, 6) is 0.883. The summed E-state index contributed by atoms with van der Waals surface area (Å²) >= 11 is 0. The molecule has 5 N–H and O–H groups in total. The summed E-state index contributed by atoms with van der Waals surface area (Å²) in [7, 11) is 1.63. The molecule has 1 aliphatic carbocycles. The highest BCUT2D eigenvalue weighted by atomic mass is 16.5. The highest BCUT2D eigenvalue weighted by Gasteiger charge is 2.31. The Hall–Kier alpha value is -4.34. The third-order valence-corrected chi connectivity index (χ3v) is 8.34. The van der Waals surface area contributed by atoms with E-state index >= 15 is 0 Å². The predicted octanol–water partition coefficient (Wildman–Crippen LogP) is 4.85. The number of aliphatic imine (C=N–C) groups is 1. The van der Waals surface area contributed by atoms with E-state index in [4.69, 9.17) is 10.5 Å². The molecule has 1 atom stereocenters. The number of nitrogens with one attached hydrogen (secondary N) is 1. The summed E-state index contributed by atoms with van der Waals surface area (Å²) in [6.07, 6.45) is 13.2. The molecule has 0 aliphatic heterocycles. The fraction of sp³-hybridized carbons (Fsp3) is 0.471. The largest absolute Gasteiger partial charge is 0.508 e. The monoisotopic (exact) mass is 603 g/mol. The predicted molar refractivity (Wildman–Crippen MR) is 170 cm³/mol. The lowest BCUT2D eigenvalue weighted by Crippen LogP contribution is -2.53. The van der Waals surface area contributed by atoms with E-state index in [0.717, 1.165) is 36.8 Å². The smallest absolute Gasteiger partial charge is 0.188 e. The van der Waals surface area contributed by atoms with Gasteiger partial charge in [0.1, 0.15) is 17.3 Å². The van der Waals surface area contributed by atoms with Crippen LogP contribution >= 0.6 is 0 Å². The van der Waals surface area contributed by atoms with Crippen LogP contribution in [0.5, 0.6) is 17.2 Å². The maximum atomic E-state index is 12.9. The molecular formula is C34H45N5O5. The van der Waals surface area contributed by atoms with Crippen LogP contribution in [0.3, 0.4) is 0 Å². The highest BCUT2D eigenvalue weighted by molar-refractivity contribution is 5.99. The summed E-state index contributed by atoms with van der Waals surface area (Å²) in [6, 6.07) is 12.3. The molecule has 1 aromatic heterocycles. The number of guanidine groups is 1. The number of carbonyl (C=O) groups excluding carboxylic acids is 2. The minimum atomic E-state index is -0.522. The van der Waals surface area contributed by atoms with Crippen molar-refractivity contribution in [2.45, 2.75) is 95.2 Å². The van der Waals surface area contributed by atoms with Crippen molar-refractivity contribution < 1.29 is 24.5 Å². The van der Waals surface area contributed by atoms with Crippen LogP contribution in [0.2, 0.25) is 0 Å². The number of hydrogen-bond donors (Lipinski definition) is 4. The molecule has 1 unspecified atom stereocenters. The highest BCUT2D eigenvalue weighted by Crippen LogP contribution is 2.32. The van der Waals surface area contributed by atoms with Crippen molar-refractivity contribution in [3.63, 3.8) is 0 Å². The average molecular weight is 604 g/mol. The molecule has 2 aromatic carbocycles. The van der Waals surface area contributed by atoms with Gasteiger partial charge in [-0.15, -0.1) is 0 Å². The van der Waals surface area contributed by atoms with E-state index in [9.17, 15) is 19.8 Å². The number of hydrogen-bond acceptors (Lipinski definition) is 7. The van der Waals surface area contributed by atoms with Gasteiger partial charge in [0.25, 0.3) is 0 Å². The molecular weight excluding hydrogens is 558 g/mol. The summed E-state index contributed by atoms with van der Waals surface area (Å²) in [5, 5.41) is 23.4. The van der Waals surface area contributed by atoms with Gasteiger partial charge in [-0.1, -0.05) is 18.2 Å². The Morgan fingerprint density at radius 2 is 1.80 bits per heavy atom. The van der Waals surface area contributed by atoms with Gasteiger partial charge in [0.2, 0.25) is 0 Å². The molecule has 1 aliphatic rings. The second-order valence-corrected chi connectivity index (χ2v) is 11.8. The van der Waals surface area contributed by atoms with Crippen molar-refractivity contribution in [1.29, 1.82) is 0 Å². The van der Waals surface area contributed by atoms with E-state index in [2.05, 4.69) is 15.3 Å². The molecule has 0 spiro atoms. The molecule has 236 valence electrons.